The fourth-order valence-corrected chi connectivity index (χ4v) is 2.10. The molecule has 1 heterocycles. The minimum atomic E-state index is -0.479. The van der Waals surface area contributed by atoms with E-state index in [2.05, 4.69) is 11.4 Å². The number of carbonyl (C=O) groups excluding carboxylic acids is 1. The molecule has 2 rings (SSSR count). The molecule has 0 saturated carbocycles. The Balaban J connectivity index is 2.37. The SMILES string of the molecule is Bc1cccc([C@]2(C)CC(=O)N(C)C(=N)N2)c1. The third-order valence-corrected chi connectivity index (χ3v) is 3.26. The molecule has 1 atom stereocenters. The maximum absolute atomic E-state index is 11.8. The zero-order chi connectivity index (χ0) is 12.6. The van der Waals surface area contributed by atoms with Crippen molar-refractivity contribution in [2.75, 3.05) is 7.05 Å². The van der Waals surface area contributed by atoms with Gasteiger partial charge in [0.05, 0.1) is 12.0 Å². The Morgan fingerprint density at radius 2 is 2.24 bits per heavy atom. The number of guanidine groups is 1. The van der Waals surface area contributed by atoms with E-state index in [1.807, 2.05) is 33.0 Å². The van der Waals surface area contributed by atoms with Gasteiger partial charge in [-0.25, -0.2) is 0 Å². The van der Waals surface area contributed by atoms with Crippen LogP contribution in [-0.2, 0) is 10.3 Å². The summed E-state index contributed by atoms with van der Waals surface area (Å²) in [4.78, 5) is 13.2. The van der Waals surface area contributed by atoms with Crippen molar-refractivity contribution < 1.29 is 4.79 Å². The molecule has 1 saturated heterocycles. The third-order valence-electron chi connectivity index (χ3n) is 3.26. The molecule has 1 aromatic rings. The molecule has 2 N–H and O–H groups in total. The molecule has 0 spiro atoms. The maximum atomic E-state index is 11.8. The summed E-state index contributed by atoms with van der Waals surface area (Å²) >= 11 is 0. The number of hydrogen-bond donors (Lipinski definition) is 2. The van der Waals surface area contributed by atoms with Crippen LogP contribution in [0.25, 0.3) is 0 Å². The highest BCUT2D eigenvalue weighted by Gasteiger charge is 2.37. The predicted octanol–water partition coefficient (Wildman–Crippen LogP) is -0.453. The molecule has 0 radical (unpaired) electrons. The topological polar surface area (TPSA) is 56.2 Å². The van der Waals surface area contributed by atoms with Gasteiger partial charge in [0.15, 0.2) is 5.96 Å². The summed E-state index contributed by atoms with van der Waals surface area (Å²) in [6.45, 7) is 1.96. The minimum absolute atomic E-state index is 0.0299. The molecule has 1 fully saturated rings. The second kappa shape index (κ2) is 3.91. The van der Waals surface area contributed by atoms with E-state index in [0.717, 1.165) is 11.0 Å². The van der Waals surface area contributed by atoms with E-state index in [0.29, 0.717) is 6.42 Å². The molecule has 17 heavy (non-hydrogen) atoms. The zero-order valence-electron chi connectivity index (χ0n) is 10.4. The molecule has 0 aliphatic carbocycles. The highest BCUT2D eigenvalue weighted by Crippen LogP contribution is 2.27. The van der Waals surface area contributed by atoms with Crippen molar-refractivity contribution in [2.45, 2.75) is 18.9 Å². The minimum Gasteiger partial charge on any atom is -0.346 e. The molecule has 1 aliphatic rings. The summed E-state index contributed by atoms with van der Waals surface area (Å²) in [6, 6.07) is 8.05. The van der Waals surface area contributed by atoms with E-state index in [-0.39, 0.29) is 11.9 Å². The van der Waals surface area contributed by atoms with Crippen molar-refractivity contribution in [2.24, 2.45) is 0 Å². The van der Waals surface area contributed by atoms with Crippen molar-refractivity contribution >= 4 is 25.2 Å². The lowest BCUT2D eigenvalue weighted by Gasteiger charge is -2.39. The standard InChI is InChI=1S/C12H16BN3O/c1-12(8-4-3-5-9(13)6-8)7-10(17)16(2)11(14)15-12/h3-6H,7,13H2,1-2H3,(H2,14,15)/t12-/m0/s1. The van der Waals surface area contributed by atoms with Crippen molar-refractivity contribution in [3.63, 3.8) is 0 Å². The fraction of sp³-hybridized carbons (Fsp3) is 0.333. The summed E-state index contributed by atoms with van der Waals surface area (Å²) in [6.07, 6.45) is 0.370. The first-order valence-corrected chi connectivity index (χ1v) is 5.63. The average Bonchev–Trinajstić information content (AvgIpc) is 2.26. The molecule has 1 amide bonds. The molecule has 5 heteroatoms. The molecule has 0 unspecified atom stereocenters. The van der Waals surface area contributed by atoms with Crippen molar-refractivity contribution in [3.8, 4) is 0 Å². The van der Waals surface area contributed by atoms with Gasteiger partial charge in [-0.15, -0.1) is 0 Å². The van der Waals surface area contributed by atoms with Gasteiger partial charge in [0.25, 0.3) is 0 Å². The Morgan fingerprint density at radius 1 is 1.53 bits per heavy atom. The Hall–Kier alpha value is -1.78. The van der Waals surface area contributed by atoms with Crippen LogP contribution in [0, 0.1) is 5.41 Å². The Morgan fingerprint density at radius 3 is 2.82 bits per heavy atom. The summed E-state index contributed by atoms with van der Waals surface area (Å²) in [7, 11) is 3.64. The zero-order valence-corrected chi connectivity index (χ0v) is 10.4. The van der Waals surface area contributed by atoms with E-state index in [4.69, 9.17) is 5.41 Å². The van der Waals surface area contributed by atoms with Gasteiger partial charge in [-0.3, -0.25) is 15.1 Å². The number of hydrogen-bond acceptors (Lipinski definition) is 2. The molecule has 0 bridgehead atoms. The lowest BCUT2D eigenvalue weighted by Crippen LogP contribution is -2.58. The van der Waals surface area contributed by atoms with Crippen LogP contribution in [-0.4, -0.2) is 31.7 Å². The van der Waals surface area contributed by atoms with E-state index >= 15 is 0 Å². The number of carbonyl (C=O) groups is 1. The van der Waals surface area contributed by atoms with Gasteiger partial charge in [0.2, 0.25) is 5.91 Å². The van der Waals surface area contributed by atoms with Gasteiger partial charge in [-0.2, -0.15) is 0 Å². The average molecular weight is 229 g/mol. The van der Waals surface area contributed by atoms with Gasteiger partial charge >= 0.3 is 0 Å². The first kappa shape index (κ1) is 11.7. The van der Waals surface area contributed by atoms with Crippen molar-refractivity contribution in [3.05, 3.63) is 29.8 Å². The monoisotopic (exact) mass is 229 g/mol. The van der Waals surface area contributed by atoms with Crippen molar-refractivity contribution in [1.29, 1.82) is 5.41 Å². The largest absolute Gasteiger partial charge is 0.346 e. The maximum Gasteiger partial charge on any atom is 0.231 e. The smallest absolute Gasteiger partial charge is 0.231 e. The Bertz CT molecular complexity index is 468. The van der Waals surface area contributed by atoms with Crippen molar-refractivity contribution in [1.82, 2.24) is 10.2 Å². The van der Waals surface area contributed by atoms with Crippen LogP contribution in [0.1, 0.15) is 18.9 Å². The van der Waals surface area contributed by atoms with Gasteiger partial charge in [0, 0.05) is 7.05 Å². The van der Waals surface area contributed by atoms with Gasteiger partial charge < -0.3 is 5.32 Å². The van der Waals surface area contributed by atoms with Crippen LogP contribution in [0.15, 0.2) is 24.3 Å². The summed E-state index contributed by atoms with van der Waals surface area (Å²) < 4.78 is 0. The van der Waals surface area contributed by atoms with E-state index in [1.165, 1.54) is 4.90 Å². The summed E-state index contributed by atoms with van der Waals surface area (Å²) in [5.74, 6) is 0.128. The lowest BCUT2D eigenvalue weighted by atomic mass is 9.83. The van der Waals surface area contributed by atoms with E-state index in [9.17, 15) is 4.79 Å². The molecular formula is C12H16BN3O. The van der Waals surface area contributed by atoms with Crippen LogP contribution in [0.2, 0.25) is 0 Å². The number of benzene rings is 1. The molecule has 4 nitrogen and oxygen atoms in total. The second-order valence-corrected chi connectivity index (χ2v) is 4.80. The molecule has 0 aromatic heterocycles. The highest BCUT2D eigenvalue weighted by molar-refractivity contribution is 6.32. The number of amides is 1. The van der Waals surface area contributed by atoms with E-state index in [1.54, 1.807) is 7.05 Å². The van der Waals surface area contributed by atoms with Crippen LogP contribution in [0.4, 0.5) is 0 Å². The van der Waals surface area contributed by atoms with Gasteiger partial charge in [-0.05, 0) is 12.5 Å². The van der Waals surface area contributed by atoms with Crippen LogP contribution >= 0.6 is 0 Å². The van der Waals surface area contributed by atoms with Crippen LogP contribution in [0.5, 0.6) is 0 Å². The fourth-order valence-electron chi connectivity index (χ4n) is 2.10. The third kappa shape index (κ3) is 2.05. The van der Waals surface area contributed by atoms with Crippen LogP contribution < -0.4 is 10.8 Å². The first-order chi connectivity index (χ1) is 7.92. The quantitative estimate of drug-likeness (QED) is 0.640. The number of rotatable bonds is 1. The summed E-state index contributed by atoms with van der Waals surface area (Å²) in [5, 5.41) is 10.9. The molecule has 1 aromatic carbocycles. The highest BCUT2D eigenvalue weighted by atomic mass is 16.2. The number of nitrogens with one attached hydrogen (secondary N) is 2. The molecule has 1 aliphatic heterocycles. The van der Waals surface area contributed by atoms with Gasteiger partial charge in [-0.1, -0.05) is 29.7 Å². The Kier molecular flexibility index (Phi) is 2.69. The molecular weight excluding hydrogens is 213 g/mol. The lowest BCUT2D eigenvalue weighted by molar-refractivity contribution is -0.129. The Labute approximate surface area is 102 Å². The predicted molar refractivity (Wildman–Crippen MR) is 70.2 cm³/mol. The summed E-state index contributed by atoms with van der Waals surface area (Å²) in [5.41, 5.74) is 1.72. The first-order valence-electron chi connectivity index (χ1n) is 5.63. The normalized spacial score (nSPS) is 24.7. The number of nitrogens with zero attached hydrogens (tertiary/aromatic N) is 1. The van der Waals surface area contributed by atoms with Gasteiger partial charge in [0.1, 0.15) is 7.85 Å². The second-order valence-electron chi connectivity index (χ2n) is 4.80. The van der Waals surface area contributed by atoms with Crippen LogP contribution in [0.3, 0.4) is 0 Å². The van der Waals surface area contributed by atoms with E-state index < -0.39 is 5.54 Å². The molecule has 88 valence electrons.